The van der Waals surface area contributed by atoms with E-state index in [4.69, 9.17) is 4.74 Å². The van der Waals surface area contributed by atoms with Gasteiger partial charge in [-0.25, -0.2) is 0 Å². The lowest BCUT2D eigenvalue weighted by Crippen LogP contribution is -2.51. The molecule has 2 aromatic rings. The van der Waals surface area contributed by atoms with Gasteiger partial charge >= 0.3 is 0 Å². The Morgan fingerprint density at radius 2 is 1.90 bits per heavy atom. The lowest BCUT2D eigenvalue weighted by atomic mass is 9.68. The molecule has 1 aliphatic rings. The van der Waals surface area contributed by atoms with Gasteiger partial charge in [-0.2, -0.15) is 5.26 Å². The van der Waals surface area contributed by atoms with Gasteiger partial charge in [-0.05, 0) is 29.7 Å². The Bertz CT molecular complexity index is 679. The minimum Gasteiger partial charge on any atom is -0.379 e. The van der Waals surface area contributed by atoms with Crippen molar-refractivity contribution >= 4 is 10.8 Å². The van der Waals surface area contributed by atoms with Gasteiger partial charge in [0.15, 0.2) is 0 Å². The molecule has 0 radical (unpaired) electrons. The molecule has 3 rings (SSSR count). The Kier molecular flexibility index (Phi) is 3.23. The standard InChI is InChI=1S/C18H19NO/c1-3-16(10-19)18(11-20-12-18)17-7-6-14-8-13(2)4-5-15(14)9-17/h4-9,16H,3,11-12H2,1-2H3. The Balaban J connectivity index is 2.09. The van der Waals surface area contributed by atoms with Crippen LogP contribution in [0.15, 0.2) is 36.4 Å². The van der Waals surface area contributed by atoms with Crippen molar-refractivity contribution in [3.8, 4) is 6.07 Å². The molecular formula is C18H19NO. The van der Waals surface area contributed by atoms with E-state index in [1.165, 1.54) is 21.9 Å². The van der Waals surface area contributed by atoms with Crippen LogP contribution in [-0.4, -0.2) is 13.2 Å². The maximum absolute atomic E-state index is 9.43. The molecule has 20 heavy (non-hydrogen) atoms. The highest BCUT2D eigenvalue weighted by molar-refractivity contribution is 5.84. The van der Waals surface area contributed by atoms with Crippen LogP contribution in [0.25, 0.3) is 10.8 Å². The predicted octanol–water partition coefficient (Wildman–Crippen LogP) is 3.97. The quantitative estimate of drug-likeness (QED) is 0.841. The van der Waals surface area contributed by atoms with E-state index in [9.17, 15) is 5.26 Å². The van der Waals surface area contributed by atoms with E-state index in [0.717, 1.165) is 6.42 Å². The number of hydrogen-bond donors (Lipinski definition) is 0. The SMILES string of the molecule is CCC(C#N)C1(c2ccc3cc(C)ccc3c2)COC1. The molecule has 1 unspecified atom stereocenters. The zero-order valence-corrected chi connectivity index (χ0v) is 12.0. The molecule has 1 aliphatic heterocycles. The van der Waals surface area contributed by atoms with Gasteiger partial charge in [0.1, 0.15) is 0 Å². The van der Waals surface area contributed by atoms with Gasteiger partial charge in [0.05, 0.1) is 30.6 Å². The Labute approximate surface area is 120 Å². The summed E-state index contributed by atoms with van der Waals surface area (Å²) in [5.41, 5.74) is 2.41. The summed E-state index contributed by atoms with van der Waals surface area (Å²) in [6.45, 7) is 5.52. The number of nitriles is 1. The molecule has 2 heteroatoms. The molecule has 0 spiro atoms. The molecule has 0 N–H and O–H groups in total. The fraction of sp³-hybridized carbons (Fsp3) is 0.389. The van der Waals surface area contributed by atoms with Crippen LogP contribution in [0.3, 0.4) is 0 Å². The van der Waals surface area contributed by atoms with Crippen molar-refractivity contribution in [1.29, 1.82) is 5.26 Å². The lowest BCUT2D eigenvalue weighted by Gasteiger charge is -2.45. The van der Waals surface area contributed by atoms with Gasteiger partial charge in [-0.15, -0.1) is 0 Å². The molecule has 1 saturated heterocycles. The second-order valence-electron chi connectivity index (χ2n) is 5.80. The number of aryl methyl sites for hydroxylation is 1. The average molecular weight is 265 g/mol. The van der Waals surface area contributed by atoms with Crippen LogP contribution in [0.5, 0.6) is 0 Å². The minimum absolute atomic E-state index is 0.0270. The summed E-state index contributed by atoms with van der Waals surface area (Å²) in [5, 5.41) is 11.9. The van der Waals surface area contributed by atoms with Crippen LogP contribution in [0.2, 0.25) is 0 Å². The topological polar surface area (TPSA) is 33.0 Å². The first kappa shape index (κ1) is 13.1. The highest BCUT2D eigenvalue weighted by atomic mass is 16.5. The predicted molar refractivity (Wildman–Crippen MR) is 80.6 cm³/mol. The largest absolute Gasteiger partial charge is 0.379 e. The van der Waals surface area contributed by atoms with Crippen LogP contribution in [0, 0.1) is 24.2 Å². The van der Waals surface area contributed by atoms with Crippen LogP contribution in [0.4, 0.5) is 0 Å². The summed E-state index contributed by atoms with van der Waals surface area (Å²) in [5.74, 6) is 0.0270. The normalized spacial score (nSPS) is 18.2. The fourth-order valence-corrected chi connectivity index (χ4v) is 3.17. The minimum atomic E-state index is -0.109. The number of nitrogens with zero attached hydrogens (tertiary/aromatic N) is 1. The molecule has 102 valence electrons. The van der Waals surface area contributed by atoms with Gasteiger partial charge < -0.3 is 4.74 Å². The molecule has 0 bridgehead atoms. The summed E-state index contributed by atoms with van der Waals surface area (Å²) < 4.78 is 5.46. The molecule has 1 atom stereocenters. The number of rotatable bonds is 3. The van der Waals surface area contributed by atoms with E-state index >= 15 is 0 Å². The van der Waals surface area contributed by atoms with Gasteiger partial charge in [0.25, 0.3) is 0 Å². The molecule has 0 saturated carbocycles. The molecule has 0 aliphatic carbocycles. The second-order valence-corrected chi connectivity index (χ2v) is 5.80. The third-order valence-electron chi connectivity index (χ3n) is 4.52. The summed E-state index contributed by atoms with van der Waals surface area (Å²) in [7, 11) is 0. The summed E-state index contributed by atoms with van der Waals surface area (Å²) in [4.78, 5) is 0. The van der Waals surface area contributed by atoms with Gasteiger partial charge in [-0.3, -0.25) is 0 Å². The van der Waals surface area contributed by atoms with E-state index in [1.54, 1.807) is 0 Å². The van der Waals surface area contributed by atoms with Gasteiger partial charge in [0, 0.05) is 0 Å². The third kappa shape index (κ3) is 1.90. The van der Waals surface area contributed by atoms with Crippen molar-refractivity contribution < 1.29 is 4.74 Å². The van der Waals surface area contributed by atoms with Gasteiger partial charge in [0.2, 0.25) is 0 Å². The van der Waals surface area contributed by atoms with E-state index in [0.29, 0.717) is 13.2 Å². The molecule has 2 aromatic carbocycles. The first-order chi connectivity index (χ1) is 9.69. The molecule has 1 heterocycles. The lowest BCUT2D eigenvalue weighted by molar-refractivity contribution is -0.0804. The smallest absolute Gasteiger partial charge is 0.0666 e. The van der Waals surface area contributed by atoms with Crippen molar-refractivity contribution in [2.75, 3.05) is 13.2 Å². The number of hydrogen-bond acceptors (Lipinski definition) is 2. The summed E-state index contributed by atoms with van der Waals surface area (Å²) in [6.07, 6.45) is 0.867. The van der Waals surface area contributed by atoms with Crippen molar-refractivity contribution in [2.24, 2.45) is 5.92 Å². The third-order valence-corrected chi connectivity index (χ3v) is 4.52. The Morgan fingerprint density at radius 3 is 2.50 bits per heavy atom. The van der Waals surface area contributed by atoms with Crippen LogP contribution in [0.1, 0.15) is 24.5 Å². The van der Waals surface area contributed by atoms with Crippen molar-refractivity contribution in [3.63, 3.8) is 0 Å². The van der Waals surface area contributed by atoms with Crippen LogP contribution < -0.4 is 0 Å². The molecule has 2 nitrogen and oxygen atoms in total. The molecule has 1 fully saturated rings. The maximum atomic E-state index is 9.43. The highest BCUT2D eigenvalue weighted by Gasteiger charge is 2.46. The van der Waals surface area contributed by atoms with E-state index in [2.05, 4.69) is 56.3 Å². The first-order valence-electron chi connectivity index (χ1n) is 7.18. The van der Waals surface area contributed by atoms with Crippen molar-refractivity contribution in [3.05, 3.63) is 47.5 Å². The highest BCUT2D eigenvalue weighted by Crippen LogP contribution is 2.41. The Morgan fingerprint density at radius 1 is 1.20 bits per heavy atom. The first-order valence-corrected chi connectivity index (χ1v) is 7.18. The number of benzene rings is 2. The second kappa shape index (κ2) is 4.92. The molecule has 0 aromatic heterocycles. The van der Waals surface area contributed by atoms with Gasteiger partial charge in [-0.1, -0.05) is 48.9 Å². The van der Waals surface area contributed by atoms with Crippen LogP contribution in [-0.2, 0) is 10.2 Å². The van der Waals surface area contributed by atoms with Crippen molar-refractivity contribution in [2.45, 2.75) is 25.7 Å². The average Bonchev–Trinajstić information content (AvgIpc) is 2.42. The zero-order valence-electron chi connectivity index (χ0n) is 12.0. The van der Waals surface area contributed by atoms with Crippen molar-refractivity contribution in [1.82, 2.24) is 0 Å². The fourth-order valence-electron chi connectivity index (χ4n) is 3.17. The monoisotopic (exact) mass is 265 g/mol. The summed E-state index contributed by atoms with van der Waals surface area (Å²) in [6, 6.07) is 15.5. The van der Waals surface area contributed by atoms with E-state index in [1.807, 2.05) is 0 Å². The Hall–Kier alpha value is -1.85. The van der Waals surface area contributed by atoms with E-state index < -0.39 is 0 Å². The zero-order chi connectivity index (χ0) is 14.2. The summed E-state index contributed by atoms with van der Waals surface area (Å²) >= 11 is 0. The number of fused-ring (bicyclic) bond motifs is 1. The number of ether oxygens (including phenoxy) is 1. The molecular weight excluding hydrogens is 246 g/mol. The van der Waals surface area contributed by atoms with Crippen LogP contribution >= 0.6 is 0 Å². The molecule has 0 amide bonds. The maximum Gasteiger partial charge on any atom is 0.0666 e. The van der Waals surface area contributed by atoms with E-state index in [-0.39, 0.29) is 11.3 Å².